The Morgan fingerprint density at radius 2 is 1.59 bits per heavy atom. The zero-order chi connectivity index (χ0) is 40.2. The molecule has 1 unspecified atom stereocenters. The number of carbonyl (C=O) groups excluding carboxylic acids is 2. The fourth-order valence-electron chi connectivity index (χ4n) is 6.47. The second-order valence-corrected chi connectivity index (χ2v) is 15.7. The van der Waals surface area contributed by atoms with Crippen LogP contribution in [0.4, 0.5) is 5.69 Å². The van der Waals surface area contributed by atoms with Gasteiger partial charge in [0.05, 0.1) is 12.2 Å². The van der Waals surface area contributed by atoms with Crippen LogP contribution in [0.2, 0.25) is 0 Å². The molecule has 0 radical (unpaired) electrons. The third-order valence-corrected chi connectivity index (χ3v) is 10.8. The van der Waals surface area contributed by atoms with E-state index in [9.17, 15) is 27.9 Å². The zero-order valence-corrected chi connectivity index (χ0v) is 33.2. The summed E-state index contributed by atoms with van der Waals surface area (Å²) in [4.78, 5) is 46.0. The van der Waals surface area contributed by atoms with E-state index in [0.29, 0.717) is 35.5 Å². The second-order valence-electron chi connectivity index (χ2n) is 14.2. The minimum atomic E-state index is -3.82. The predicted molar refractivity (Wildman–Crippen MR) is 215 cm³/mol. The number of carboxylic acid groups (broad SMARTS) is 1. The Morgan fingerprint density at radius 1 is 0.875 bits per heavy atom. The van der Waals surface area contributed by atoms with Crippen LogP contribution in [0.15, 0.2) is 95.4 Å². The lowest BCUT2D eigenvalue weighted by Crippen LogP contribution is -2.34. The Labute approximate surface area is 329 Å². The molecule has 1 aliphatic heterocycles. The van der Waals surface area contributed by atoms with Gasteiger partial charge in [-0.1, -0.05) is 56.4 Å². The number of unbranched alkanes of at least 4 members (excludes halogenated alkanes) is 6. The van der Waals surface area contributed by atoms with Crippen LogP contribution in [-0.2, 0) is 19.1 Å². The fraction of sp³-hybridized carbons (Fsp3) is 0.381. The number of benzene rings is 2. The molecule has 3 N–H and O–H groups in total. The Kier molecular flexibility index (Phi) is 14.6. The monoisotopic (exact) mass is 785 g/mol. The molecule has 0 spiro atoms. The average Bonchev–Trinajstić information content (AvgIpc) is 3.18. The van der Waals surface area contributed by atoms with Gasteiger partial charge in [0, 0.05) is 79.9 Å². The molecule has 2 amide bonds. The number of anilines is 1. The summed E-state index contributed by atoms with van der Waals surface area (Å²) in [6.45, 7) is 0.540. The predicted octanol–water partition coefficient (Wildman–Crippen LogP) is 5.80. The number of nitrogens with zero attached hydrogens (tertiary/aromatic N) is 3. The van der Waals surface area contributed by atoms with E-state index in [4.69, 9.17) is 8.92 Å². The molecule has 1 aromatic heterocycles. The SMILES string of the molecule is CN(C)c1ccc2c(c1)OC1=CC(N(C)C)C=CC1=C2c1ccc(C(=O)NCCNC(=O)CCCCCCCCCOS(=O)(=O)c2ccccn2)cc1C(=O)O. The molecule has 13 nitrogen and oxygen atoms in total. The number of ether oxygens (including phenoxy) is 1. The van der Waals surface area contributed by atoms with Crippen molar-refractivity contribution in [2.24, 2.45) is 0 Å². The number of fused-ring (bicyclic) bond motifs is 2. The first-order chi connectivity index (χ1) is 26.9. The summed E-state index contributed by atoms with van der Waals surface area (Å²) in [6, 6.07) is 15.2. The van der Waals surface area contributed by atoms with Crippen LogP contribution in [0.5, 0.6) is 5.75 Å². The highest BCUT2D eigenvalue weighted by molar-refractivity contribution is 7.86. The summed E-state index contributed by atoms with van der Waals surface area (Å²) in [5, 5.41) is 15.9. The molecule has 0 fully saturated rings. The number of hydrogen-bond acceptors (Lipinski definition) is 10. The van der Waals surface area contributed by atoms with Crippen molar-refractivity contribution in [3.8, 4) is 5.75 Å². The number of carboxylic acids is 1. The average molecular weight is 786 g/mol. The number of rotatable bonds is 20. The van der Waals surface area contributed by atoms with Crippen molar-refractivity contribution in [1.82, 2.24) is 20.5 Å². The molecule has 298 valence electrons. The van der Waals surface area contributed by atoms with Gasteiger partial charge >= 0.3 is 16.1 Å². The molecule has 0 bridgehead atoms. The lowest BCUT2D eigenvalue weighted by atomic mass is 9.84. The first kappa shape index (κ1) is 41.8. The van der Waals surface area contributed by atoms with Gasteiger partial charge in [-0.25, -0.2) is 9.78 Å². The lowest BCUT2D eigenvalue weighted by Gasteiger charge is -2.31. The van der Waals surface area contributed by atoms with E-state index < -0.39 is 22.0 Å². The highest BCUT2D eigenvalue weighted by Crippen LogP contribution is 2.45. The zero-order valence-electron chi connectivity index (χ0n) is 32.4. The third-order valence-electron chi connectivity index (χ3n) is 9.58. The summed E-state index contributed by atoms with van der Waals surface area (Å²) in [5.74, 6) is -0.457. The maximum absolute atomic E-state index is 13.1. The van der Waals surface area contributed by atoms with Crippen LogP contribution in [-0.4, -0.2) is 95.1 Å². The van der Waals surface area contributed by atoms with E-state index in [1.807, 2.05) is 74.4 Å². The van der Waals surface area contributed by atoms with Crippen molar-refractivity contribution in [2.45, 2.75) is 62.4 Å². The molecule has 56 heavy (non-hydrogen) atoms. The molecule has 1 aliphatic carbocycles. The van der Waals surface area contributed by atoms with Gasteiger partial charge in [-0.3, -0.25) is 18.7 Å². The van der Waals surface area contributed by atoms with Crippen molar-refractivity contribution < 1.29 is 36.8 Å². The van der Waals surface area contributed by atoms with Crippen molar-refractivity contribution in [3.05, 3.63) is 113 Å². The van der Waals surface area contributed by atoms with Crippen LogP contribution in [0.3, 0.4) is 0 Å². The molecule has 1 atom stereocenters. The standard InChI is InChI=1S/C42H51N5O8S/c1-46(2)30-17-20-33-36(27-30)55-37-28-31(47(3)4)18-21-34(37)40(33)32-19-16-29(26-35(32)42(50)51)41(49)45-24-23-43-38(48)14-10-8-6-5-7-9-13-25-54-56(52,53)39-15-11-12-22-44-39/h11-12,15-22,26-28,30H,5-10,13-14,23-25H2,1-4H3,(H,43,48)(H,45,49)(H,50,51). The Bertz CT molecular complexity index is 2090. The summed E-state index contributed by atoms with van der Waals surface area (Å²) in [5.41, 5.74) is 3.82. The van der Waals surface area contributed by atoms with Gasteiger partial charge in [0.15, 0.2) is 5.03 Å². The van der Waals surface area contributed by atoms with Crippen LogP contribution in [0.25, 0.3) is 5.57 Å². The molecule has 2 heterocycles. The van der Waals surface area contributed by atoms with Gasteiger partial charge in [0.25, 0.3) is 5.91 Å². The van der Waals surface area contributed by atoms with Crippen LogP contribution < -0.4 is 20.3 Å². The number of nitrogens with one attached hydrogen (secondary N) is 2. The first-order valence-electron chi connectivity index (χ1n) is 18.9. The number of likely N-dealkylation sites (N-methyl/N-ethyl adjacent to an activating group) is 1. The molecule has 0 saturated heterocycles. The molecule has 5 rings (SSSR count). The van der Waals surface area contributed by atoms with E-state index in [2.05, 4.69) is 15.6 Å². The smallest absolute Gasteiger partial charge is 0.336 e. The molecule has 14 heteroatoms. The van der Waals surface area contributed by atoms with E-state index in [1.54, 1.807) is 24.3 Å². The molecule has 2 aromatic carbocycles. The van der Waals surface area contributed by atoms with Gasteiger partial charge in [0.1, 0.15) is 11.5 Å². The third kappa shape index (κ3) is 10.9. The topological polar surface area (TPSA) is 167 Å². The van der Waals surface area contributed by atoms with Crippen LogP contribution in [0, 0.1) is 0 Å². The summed E-state index contributed by atoms with van der Waals surface area (Å²) in [6.07, 6.45) is 13.8. The van der Waals surface area contributed by atoms with E-state index >= 15 is 0 Å². The van der Waals surface area contributed by atoms with Gasteiger partial charge in [-0.2, -0.15) is 8.42 Å². The number of carbonyl (C=O) groups is 3. The van der Waals surface area contributed by atoms with Crippen molar-refractivity contribution >= 4 is 39.2 Å². The number of aromatic carboxylic acids is 1. The Morgan fingerprint density at radius 3 is 2.29 bits per heavy atom. The Hall–Kier alpha value is -5.31. The van der Waals surface area contributed by atoms with Gasteiger partial charge in [0.2, 0.25) is 5.91 Å². The summed E-state index contributed by atoms with van der Waals surface area (Å²) >= 11 is 0. The minimum Gasteiger partial charge on any atom is -0.478 e. The van der Waals surface area contributed by atoms with Gasteiger partial charge in [-0.05, 0) is 75.0 Å². The number of allylic oxidation sites excluding steroid dienone is 1. The number of pyridine rings is 1. The molecule has 0 saturated carbocycles. The number of hydrogen-bond donors (Lipinski definition) is 3. The Balaban J connectivity index is 1.07. The van der Waals surface area contributed by atoms with Crippen molar-refractivity contribution in [3.63, 3.8) is 0 Å². The fourth-order valence-corrected chi connectivity index (χ4v) is 7.37. The summed E-state index contributed by atoms with van der Waals surface area (Å²) < 4.78 is 35.6. The lowest BCUT2D eigenvalue weighted by molar-refractivity contribution is -0.121. The number of amides is 2. The van der Waals surface area contributed by atoms with E-state index in [0.717, 1.165) is 55.3 Å². The van der Waals surface area contributed by atoms with Crippen molar-refractivity contribution in [2.75, 3.05) is 52.8 Å². The van der Waals surface area contributed by atoms with Gasteiger partial charge < -0.3 is 25.4 Å². The van der Waals surface area contributed by atoms with E-state index in [-0.39, 0.29) is 47.8 Å². The second kappa shape index (κ2) is 19.5. The maximum atomic E-state index is 13.1. The summed E-state index contributed by atoms with van der Waals surface area (Å²) in [7, 11) is 4.01. The van der Waals surface area contributed by atoms with Crippen molar-refractivity contribution in [1.29, 1.82) is 0 Å². The minimum absolute atomic E-state index is 0.00134. The molecular weight excluding hydrogens is 735 g/mol. The maximum Gasteiger partial charge on any atom is 0.336 e. The highest BCUT2D eigenvalue weighted by Gasteiger charge is 2.30. The largest absolute Gasteiger partial charge is 0.478 e. The van der Waals surface area contributed by atoms with Crippen LogP contribution in [0.1, 0.15) is 83.2 Å². The first-order valence-corrected chi connectivity index (χ1v) is 20.3. The number of aromatic nitrogens is 1. The molecule has 2 aliphatic rings. The normalized spacial score (nSPS) is 14.7. The highest BCUT2D eigenvalue weighted by atomic mass is 32.2. The quantitative estimate of drug-likeness (QED) is 0.0937. The van der Waals surface area contributed by atoms with Gasteiger partial charge in [-0.15, -0.1) is 0 Å². The van der Waals surface area contributed by atoms with E-state index in [1.165, 1.54) is 18.3 Å². The van der Waals surface area contributed by atoms with Crippen LogP contribution >= 0.6 is 0 Å². The molecular formula is C42H51N5O8S. The molecule has 3 aromatic rings.